The first kappa shape index (κ1) is 25.3. The fraction of sp³-hybridized carbons (Fsp3) is 0.609. The number of carbonyl (C=O) groups is 3. The molecule has 1 saturated carbocycles. The summed E-state index contributed by atoms with van der Waals surface area (Å²) in [4.78, 5) is 35.5. The first-order chi connectivity index (χ1) is 15.0. The van der Waals surface area contributed by atoms with Crippen molar-refractivity contribution in [3.8, 4) is 5.75 Å². The van der Waals surface area contributed by atoms with Crippen molar-refractivity contribution in [2.24, 2.45) is 11.8 Å². The smallest absolute Gasteiger partial charge is 0.325 e. The molecule has 1 aliphatic carbocycles. The summed E-state index contributed by atoms with van der Waals surface area (Å²) in [5.74, 6) is 0.816. The van der Waals surface area contributed by atoms with E-state index in [4.69, 9.17) is 21.1 Å². The van der Waals surface area contributed by atoms with E-state index in [0.717, 1.165) is 38.6 Å². The Hall–Kier alpha value is -1.96. The molecule has 0 radical (unpaired) electrons. The molecule has 31 heavy (non-hydrogen) atoms. The van der Waals surface area contributed by atoms with Gasteiger partial charge in [0.25, 0.3) is 0 Å². The van der Waals surface area contributed by atoms with Gasteiger partial charge in [-0.1, -0.05) is 11.6 Å². The third kappa shape index (κ3) is 10.3. The molecule has 0 unspecified atom stereocenters. The van der Waals surface area contributed by atoms with Gasteiger partial charge in [0.05, 0.1) is 26.1 Å². The van der Waals surface area contributed by atoms with Crippen LogP contribution in [0.25, 0.3) is 0 Å². The van der Waals surface area contributed by atoms with Gasteiger partial charge < -0.3 is 20.1 Å². The number of hydrogen-bond acceptors (Lipinski definition) is 7. The number of rotatable bonds is 13. The Balaban J connectivity index is 1.51. The summed E-state index contributed by atoms with van der Waals surface area (Å²) in [7, 11) is 0. The van der Waals surface area contributed by atoms with Crippen LogP contribution < -0.4 is 15.4 Å². The molecule has 7 nitrogen and oxygen atoms in total. The van der Waals surface area contributed by atoms with Gasteiger partial charge in [0.1, 0.15) is 11.5 Å². The predicted molar refractivity (Wildman–Crippen MR) is 119 cm³/mol. The molecule has 2 rings (SSSR count). The molecule has 1 aromatic rings. The number of ether oxygens (including phenoxy) is 2. The van der Waals surface area contributed by atoms with Crippen molar-refractivity contribution in [3.63, 3.8) is 0 Å². The topological polar surface area (TPSA) is 93.7 Å². The lowest BCUT2D eigenvalue weighted by Crippen LogP contribution is -2.33. The van der Waals surface area contributed by atoms with E-state index in [-0.39, 0.29) is 36.6 Å². The van der Waals surface area contributed by atoms with E-state index in [1.54, 1.807) is 31.2 Å². The van der Waals surface area contributed by atoms with Crippen LogP contribution in [0, 0.1) is 11.8 Å². The Kier molecular flexibility index (Phi) is 11.6. The van der Waals surface area contributed by atoms with Crippen LogP contribution in [0.3, 0.4) is 0 Å². The zero-order chi connectivity index (χ0) is 22.5. The van der Waals surface area contributed by atoms with Gasteiger partial charge in [-0.15, -0.1) is 0 Å². The van der Waals surface area contributed by atoms with Crippen molar-refractivity contribution < 1.29 is 23.9 Å². The molecule has 0 bridgehead atoms. The van der Waals surface area contributed by atoms with Crippen LogP contribution in [0.15, 0.2) is 24.3 Å². The minimum absolute atomic E-state index is 0.105. The fourth-order valence-electron chi connectivity index (χ4n) is 3.72. The van der Waals surface area contributed by atoms with Crippen LogP contribution in [0.1, 0.15) is 45.4 Å². The molecule has 0 heterocycles. The highest BCUT2D eigenvalue weighted by Gasteiger charge is 2.25. The molecule has 0 saturated heterocycles. The first-order valence-corrected chi connectivity index (χ1v) is 11.4. The minimum Gasteiger partial charge on any atom is -0.466 e. The Morgan fingerprint density at radius 1 is 0.968 bits per heavy atom. The van der Waals surface area contributed by atoms with Gasteiger partial charge in [-0.05, 0) is 75.8 Å². The van der Waals surface area contributed by atoms with Gasteiger partial charge in [-0.3, -0.25) is 14.4 Å². The summed E-state index contributed by atoms with van der Waals surface area (Å²) in [6, 6.07) is 6.68. The molecule has 1 aliphatic rings. The number of esters is 2. The zero-order valence-electron chi connectivity index (χ0n) is 18.2. The van der Waals surface area contributed by atoms with Crippen molar-refractivity contribution in [1.82, 2.24) is 10.6 Å². The summed E-state index contributed by atoms with van der Waals surface area (Å²) < 4.78 is 10.1. The summed E-state index contributed by atoms with van der Waals surface area (Å²) >= 11 is 5.81. The normalized spacial score (nSPS) is 18.4. The molecule has 172 valence electrons. The van der Waals surface area contributed by atoms with E-state index >= 15 is 0 Å². The first-order valence-electron chi connectivity index (χ1n) is 11.0. The lowest BCUT2D eigenvalue weighted by Gasteiger charge is -2.27. The fourth-order valence-corrected chi connectivity index (χ4v) is 3.85. The lowest BCUT2D eigenvalue weighted by molar-refractivity contribution is -0.143. The zero-order valence-corrected chi connectivity index (χ0v) is 18.9. The van der Waals surface area contributed by atoms with Gasteiger partial charge in [-0.25, -0.2) is 0 Å². The molecule has 0 aromatic heterocycles. The molecule has 0 amide bonds. The molecular weight excluding hydrogens is 420 g/mol. The Labute approximate surface area is 189 Å². The van der Waals surface area contributed by atoms with Gasteiger partial charge in [0.2, 0.25) is 0 Å². The molecule has 0 spiro atoms. The van der Waals surface area contributed by atoms with Crippen LogP contribution in [-0.2, 0) is 19.1 Å². The molecule has 1 fully saturated rings. The SMILES string of the molecule is CCOC(=O)CCNCC(=O)C1CCC(CCNCC(=O)Oc2ccc(Cl)cc2)CC1. The van der Waals surface area contributed by atoms with E-state index in [1.807, 2.05) is 0 Å². The second kappa shape index (κ2) is 14.2. The second-order valence-electron chi connectivity index (χ2n) is 7.81. The number of hydrogen-bond donors (Lipinski definition) is 2. The maximum Gasteiger partial charge on any atom is 0.325 e. The molecule has 2 N–H and O–H groups in total. The van der Waals surface area contributed by atoms with Crippen molar-refractivity contribution in [2.45, 2.75) is 45.4 Å². The Bertz CT molecular complexity index is 702. The van der Waals surface area contributed by atoms with Gasteiger partial charge in [-0.2, -0.15) is 0 Å². The van der Waals surface area contributed by atoms with Gasteiger partial charge >= 0.3 is 11.9 Å². The van der Waals surface area contributed by atoms with Crippen molar-refractivity contribution in [3.05, 3.63) is 29.3 Å². The molecule has 1 aromatic carbocycles. The Morgan fingerprint density at radius 3 is 2.32 bits per heavy atom. The summed E-state index contributed by atoms with van der Waals surface area (Å²) in [5.41, 5.74) is 0. The van der Waals surface area contributed by atoms with E-state index in [2.05, 4.69) is 10.6 Å². The largest absolute Gasteiger partial charge is 0.466 e. The highest BCUT2D eigenvalue weighted by Crippen LogP contribution is 2.31. The third-order valence-corrected chi connectivity index (χ3v) is 5.71. The second-order valence-corrected chi connectivity index (χ2v) is 8.25. The van der Waals surface area contributed by atoms with Crippen LogP contribution >= 0.6 is 11.6 Å². The monoisotopic (exact) mass is 452 g/mol. The minimum atomic E-state index is -0.327. The summed E-state index contributed by atoms with van der Waals surface area (Å²) in [6.07, 6.45) is 5.12. The highest BCUT2D eigenvalue weighted by molar-refractivity contribution is 6.30. The van der Waals surface area contributed by atoms with Gasteiger partial charge in [0.15, 0.2) is 0 Å². The lowest BCUT2D eigenvalue weighted by atomic mass is 9.78. The average molecular weight is 453 g/mol. The van der Waals surface area contributed by atoms with Crippen molar-refractivity contribution in [2.75, 3.05) is 32.8 Å². The highest BCUT2D eigenvalue weighted by atomic mass is 35.5. The molecule has 0 atom stereocenters. The Morgan fingerprint density at radius 2 is 1.65 bits per heavy atom. The van der Waals surface area contributed by atoms with Gasteiger partial charge in [0, 0.05) is 17.5 Å². The van der Waals surface area contributed by atoms with E-state index in [0.29, 0.717) is 36.4 Å². The summed E-state index contributed by atoms with van der Waals surface area (Å²) in [5, 5.41) is 6.78. The van der Waals surface area contributed by atoms with E-state index < -0.39 is 0 Å². The molecular formula is C23H33ClN2O5. The quantitative estimate of drug-likeness (QED) is 0.270. The predicted octanol–water partition coefficient (Wildman–Crippen LogP) is 3.14. The van der Waals surface area contributed by atoms with E-state index in [9.17, 15) is 14.4 Å². The number of nitrogens with one attached hydrogen (secondary N) is 2. The molecule has 0 aliphatic heterocycles. The van der Waals surface area contributed by atoms with Crippen molar-refractivity contribution in [1.29, 1.82) is 0 Å². The molecule has 8 heteroatoms. The number of carbonyl (C=O) groups excluding carboxylic acids is 3. The van der Waals surface area contributed by atoms with Crippen LogP contribution in [0.5, 0.6) is 5.75 Å². The van der Waals surface area contributed by atoms with Crippen LogP contribution in [0.4, 0.5) is 0 Å². The van der Waals surface area contributed by atoms with Crippen LogP contribution in [-0.4, -0.2) is 50.5 Å². The average Bonchev–Trinajstić information content (AvgIpc) is 2.76. The van der Waals surface area contributed by atoms with E-state index in [1.165, 1.54) is 0 Å². The summed E-state index contributed by atoms with van der Waals surface area (Å²) in [6.45, 7) is 3.84. The number of ketones is 1. The standard InChI is InChI=1S/C23H33ClN2O5/c1-2-30-22(28)12-14-25-15-21(27)18-5-3-17(4-6-18)11-13-26-16-23(29)31-20-9-7-19(24)8-10-20/h7-10,17-18,25-26H,2-6,11-16H2,1H3. The number of halogens is 1. The maximum absolute atomic E-state index is 12.3. The van der Waals surface area contributed by atoms with Crippen LogP contribution in [0.2, 0.25) is 5.02 Å². The number of benzene rings is 1. The van der Waals surface area contributed by atoms with Crippen molar-refractivity contribution >= 4 is 29.3 Å². The number of Topliss-reactive ketones (excluding diaryl/α,β-unsaturated/α-hetero) is 1. The maximum atomic E-state index is 12.3. The third-order valence-electron chi connectivity index (χ3n) is 5.46.